The summed E-state index contributed by atoms with van der Waals surface area (Å²) in [5, 5.41) is 3.42. The summed E-state index contributed by atoms with van der Waals surface area (Å²) in [6.45, 7) is 5.48. The number of nitrogens with one attached hydrogen (secondary N) is 1. The third kappa shape index (κ3) is 3.02. The van der Waals surface area contributed by atoms with Crippen LogP contribution in [0.2, 0.25) is 0 Å². The minimum absolute atomic E-state index is 0.727. The Kier molecular flexibility index (Phi) is 3.74. The molecule has 4 heteroatoms. The lowest BCUT2D eigenvalue weighted by Crippen LogP contribution is -2.17. The van der Waals surface area contributed by atoms with E-state index in [0.29, 0.717) is 0 Å². The normalized spacial score (nSPS) is 19.4. The Morgan fingerprint density at radius 2 is 2.10 bits per heavy atom. The van der Waals surface area contributed by atoms with E-state index in [1.807, 2.05) is 25.1 Å². The van der Waals surface area contributed by atoms with Gasteiger partial charge in [0.25, 0.3) is 0 Å². The highest BCUT2D eigenvalue weighted by atomic mass is 15.2. The SMILES string of the molecule is Cc1cn(CC2CCN(C)C2)c(Nc2ccccc2)n1. The fourth-order valence-corrected chi connectivity index (χ4v) is 2.89. The molecular weight excluding hydrogens is 248 g/mol. The number of rotatable bonds is 4. The molecular formula is C16H22N4. The van der Waals surface area contributed by atoms with Gasteiger partial charge in [-0.15, -0.1) is 0 Å². The van der Waals surface area contributed by atoms with E-state index in [1.54, 1.807) is 0 Å². The summed E-state index contributed by atoms with van der Waals surface area (Å²) in [6.07, 6.45) is 3.42. The largest absolute Gasteiger partial charge is 0.326 e. The summed E-state index contributed by atoms with van der Waals surface area (Å²) < 4.78 is 2.26. The Hall–Kier alpha value is -1.81. The lowest BCUT2D eigenvalue weighted by Gasteiger charge is -2.14. The first-order chi connectivity index (χ1) is 9.70. The molecule has 1 aromatic heterocycles. The number of hydrogen-bond donors (Lipinski definition) is 1. The summed E-state index contributed by atoms with van der Waals surface area (Å²) in [5.74, 6) is 1.67. The molecule has 0 radical (unpaired) electrons. The van der Waals surface area contributed by atoms with E-state index in [2.05, 4.69) is 45.1 Å². The maximum Gasteiger partial charge on any atom is 0.207 e. The molecule has 0 saturated carbocycles. The van der Waals surface area contributed by atoms with E-state index >= 15 is 0 Å². The highest BCUT2D eigenvalue weighted by Crippen LogP contribution is 2.21. The van der Waals surface area contributed by atoms with Crippen molar-refractivity contribution in [3.05, 3.63) is 42.2 Å². The van der Waals surface area contributed by atoms with Crippen LogP contribution in [-0.4, -0.2) is 34.6 Å². The van der Waals surface area contributed by atoms with E-state index in [-0.39, 0.29) is 0 Å². The second kappa shape index (κ2) is 5.67. The summed E-state index contributed by atoms with van der Waals surface area (Å²) in [7, 11) is 2.20. The van der Waals surface area contributed by atoms with Crippen molar-refractivity contribution in [3.63, 3.8) is 0 Å². The fourth-order valence-electron chi connectivity index (χ4n) is 2.89. The Balaban J connectivity index is 1.74. The molecule has 2 heterocycles. The van der Waals surface area contributed by atoms with Crippen molar-refractivity contribution in [2.75, 3.05) is 25.5 Å². The van der Waals surface area contributed by atoms with Crippen LogP contribution in [0.1, 0.15) is 12.1 Å². The molecule has 1 fully saturated rings. The van der Waals surface area contributed by atoms with Crippen molar-refractivity contribution in [2.45, 2.75) is 19.9 Å². The Labute approximate surface area is 120 Å². The standard InChI is InChI=1S/C16H22N4/c1-13-10-20(12-14-8-9-19(2)11-14)16(17-13)18-15-6-4-3-5-7-15/h3-7,10,14H,8-9,11-12H2,1-2H3,(H,17,18). The molecule has 0 bridgehead atoms. The van der Waals surface area contributed by atoms with E-state index in [4.69, 9.17) is 0 Å². The highest BCUT2D eigenvalue weighted by molar-refractivity contribution is 5.53. The number of aryl methyl sites for hydroxylation is 1. The number of para-hydroxylation sites is 1. The molecule has 0 aliphatic carbocycles. The molecule has 1 aliphatic rings. The predicted octanol–water partition coefficient (Wildman–Crippen LogP) is 2.89. The van der Waals surface area contributed by atoms with Crippen LogP contribution in [0.5, 0.6) is 0 Å². The molecule has 4 nitrogen and oxygen atoms in total. The van der Waals surface area contributed by atoms with Gasteiger partial charge >= 0.3 is 0 Å². The van der Waals surface area contributed by atoms with Crippen LogP contribution >= 0.6 is 0 Å². The maximum atomic E-state index is 4.61. The molecule has 3 rings (SSSR count). The average molecular weight is 270 g/mol. The first-order valence-corrected chi connectivity index (χ1v) is 7.25. The summed E-state index contributed by atoms with van der Waals surface area (Å²) in [6, 6.07) is 10.2. The van der Waals surface area contributed by atoms with Crippen LogP contribution in [-0.2, 0) is 6.54 Å². The Bertz CT molecular complexity index is 561. The van der Waals surface area contributed by atoms with Gasteiger partial charge in [-0.1, -0.05) is 18.2 Å². The van der Waals surface area contributed by atoms with E-state index in [0.717, 1.165) is 29.8 Å². The van der Waals surface area contributed by atoms with Crippen molar-refractivity contribution >= 4 is 11.6 Å². The highest BCUT2D eigenvalue weighted by Gasteiger charge is 2.21. The molecule has 1 unspecified atom stereocenters. The Morgan fingerprint density at radius 3 is 2.80 bits per heavy atom. The molecule has 1 aliphatic heterocycles. The van der Waals surface area contributed by atoms with Crippen LogP contribution in [0.3, 0.4) is 0 Å². The molecule has 0 amide bonds. The second-order valence-electron chi connectivity index (χ2n) is 5.77. The molecule has 0 spiro atoms. The number of benzene rings is 1. The summed E-state index contributed by atoms with van der Waals surface area (Å²) in [4.78, 5) is 7.01. The fraction of sp³-hybridized carbons (Fsp3) is 0.438. The predicted molar refractivity (Wildman–Crippen MR) is 82.3 cm³/mol. The van der Waals surface area contributed by atoms with Crippen molar-refractivity contribution in [2.24, 2.45) is 5.92 Å². The number of anilines is 2. The maximum absolute atomic E-state index is 4.61. The molecule has 1 N–H and O–H groups in total. The van der Waals surface area contributed by atoms with E-state index in [1.165, 1.54) is 19.5 Å². The van der Waals surface area contributed by atoms with Crippen molar-refractivity contribution in [3.8, 4) is 0 Å². The first-order valence-electron chi connectivity index (χ1n) is 7.25. The van der Waals surface area contributed by atoms with Crippen molar-refractivity contribution < 1.29 is 0 Å². The zero-order chi connectivity index (χ0) is 13.9. The summed E-state index contributed by atoms with van der Waals surface area (Å²) >= 11 is 0. The Morgan fingerprint density at radius 1 is 1.30 bits per heavy atom. The number of likely N-dealkylation sites (tertiary alicyclic amines) is 1. The number of aromatic nitrogens is 2. The summed E-state index contributed by atoms with van der Waals surface area (Å²) in [5.41, 5.74) is 2.15. The smallest absolute Gasteiger partial charge is 0.207 e. The van der Waals surface area contributed by atoms with Crippen LogP contribution in [0.15, 0.2) is 36.5 Å². The molecule has 106 valence electrons. The van der Waals surface area contributed by atoms with Gasteiger partial charge < -0.3 is 14.8 Å². The second-order valence-corrected chi connectivity index (χ2v) is 5.77. The zero-order valence-electron chi connectivity index (χ0n) is 12.2. The molecule has 1 atom stereocenters. The minimum atomic E-state index is 0.727. The third-order valence-electron chi connectivity index (χ3n) is 3.87. The zero-order valence-corrected chi connectivity index (χ0v) is 12.2. The van der Waals surface area contributed by atoms with Gasteiger partial charge in [0.15, 0.2) is 0 Å². The topological polar surface area (TPSA) is 33.1 Å². The van der Waals surface area contributed by atoms with Gasteiger partial charge in [-0.2, -0.15) is 0 Å². The van der Waals surface area contributed by atoms with Gasteiger partial charge in [0.1, 0.15) is 0 Å². The van der Waals surface area contributed by atoms with Gasteiger partial charge in [0, 0.05) is 25.0 Å². The monoisotopic (exact) mass is 270 g/mol. The van der Waals surface area contributed by atoms with Crippen LogP contribution < -0.4 is 5.32 Å². The number of hydrogen-bond acceptors (Lipinski definition) is 3. The average Bonchev–Trinajstić information content (AvgIpc) is 2.98. The molecule has 1 saturated heterocycles. The quantitative estimate of drug-likeness (QED) is 0.927. The molecule has 2 aromatic rings. The van der Waals surface area contributed by atoms with Gasteiger partial charge in [0.05, 0.1) is 5.69 Å². The number of imidazole rings is 1. The number of nitrogens with zero attached hydrogens (tertiary/aromatic N) is 3. The third-order valence-corrected chi connectivity index (χ3v) is 3.87. The molecule has 20 heavy (non-hydrogen) atoms. The molecule has 1 aromatic carbocycles. The van der Waals surface area contributed by atoms with Gasteiger partial charge in [-0.25, -0.2) is 4.98 Å². The van der Waals surface area contributed by atoms with Crippen LogP contribution in [0.25, 0.3) is 0 Å². The van der Waals surface area contributed by atoms with Crippen LogP contribution in [0, 0.1) is 12.8 Å². The first kappa shape index (κ1) is 13.2. The van der Waals surface area contributed by atoms with Gasteiger partial charge in [-0.05, 0) is 45.0 Å². The van der Waals surface area contributed by atoms with E-state index < -0.39 is 0 Å². The lowest BCUT2D eigenvalue weighted by atomic mass is 10.1. The van der Waals surface area contributed by atoms with Crippen molar-refractivity contribution in [1.29, 1.82) is 0 Å². The van der Waals surface area contributed by atoms with Crippen molar-refractivity contribution in [1.82, 2.24) is 14.5 Å². The van der Waals surface area contributed by atoms with E-state index in [9.17, 15) is 0 Å². The van der Waals surface area contributed by atoms with Gasteiger partial charge in [0.2, 0.25) is 5.95 Å². The minimum Gasteiger partial charge on any atom is -0.326 e. The van der Waals surface area contributed by atoms with Gasteiger partial charge in [-0.3, -0.25) is 0 Å². The van der Waals surface area contributed by atoms with Crippen LogP contribution in [0.4, 0.5) is 11.6 Å². The lowest BCUT2D eigenvalue weighted by molar-refractivity contribution is 0.379.